The summed E-state index contributed by atoms with van der Waals surface area (Å²) in [6.45, 7) is 48.5. The van der Waals surface area contributed by atoms with Crippen LogP contribution < -0.4 is 26.4 Å². The molecule has 0 saturated heterocycles. The predicted octanol–water partition coefficient (Wildman–Crippen LogP) is 16.9. The zero-order valence-electron chi connectivity index (χ0n) is 46.6. The van der Waals surface area contributed by atoms with Gasteiger partial charge in [-0.3, -0.25) is 0 Å². The van der Waals surface area contributed by atoms with Gasteiger partial charge in [0.25, 0.3) is 6.71 Å². The van der Waals surface area contributed by atoms with E-state index in [0.29, 0.717) is 17.8 Å². The van der Waals surface area contributed by atoms with Crippen LogP contribution >= 0.6 is 0 Å². The lowest BCUT2D eigenvalue weighted by Gasteiger charge is -2.47. The molecule has 5 aliphatic rings. The average Bonchev–Trinajstić information content (AvgIpc) is 3.41. The van der Waals surface area contributed by atoms with Gasteiger partial charge in [-0.1, -0.05) is 149 Å². The molecule has 2 aliphatic heterocycles. The van der Waals surface area contributed by atoms with Crippen LogP contribution in [0.3, 0.4) is 0 Å². The van der Waals surface area contributed by atoms with Gasteiger partial charge in [0.1, 0.15) is 5.58 Å². The minimum Gasteiger partial charge on any atom is -0.468 e. The molecule has 3 aliphatic carbocycles. The lowest BCUT2D eigenvalue weighted by atomic mass is 9.35. The van der Waals surface area contributed by atoms with Crippen LogP contribution in [0.2, 0.25) is 0 Å². The molecule has 2 unspecified atom stereocenters. The number of benzene rings is 4. The van der Waals surface area contributed by atoms with Crippen molar-refractivity contribution in [3.63, 3.8) is 0 Å². The van der Waals surface area contributed by atoms with Crippen LogP contribution in [-0.4, -0.2) is 6.71 Å². The molecule has 0 radical (unpaired) electrons. The highest BCUT2D eigenvalue weighted by molar-refractivity contribution is 7.00. The number of allylic oxidation sites excluding steroid dienone is 3. The van der Waals surface area contributed by atoms with Gasteiger partial charge in [0.15, 0.2) is 0 Å². The third-order valence-electron chi connectivity index (χ3n) is 18.2. The SMILES string of the molecule is Cc1cc(C(C)(C)C)c(C(C)(C)C)c(C)c1N1c2cc3c(cc2B2c4oc5cc6c(cc5c4N(C4=CCCC(C(C)(C)C)C=C4)c4cc(C(C)C)cc1c42)C(C)(C)CCC6C)C(C)(C)CCC3(C)C. The van der Waals surface area contributed by atoms with E-state index in [9.17, 15) is 0 Å². The van der Waals surface area contributed by atoms with Gasteiger partial charge in [-0.25, -0.2) is 0 Å². The molecule has 10 rings (SSSR count). The molecule has 2 atom stereocenters. The van der Waals surface area contributed by atoms with Gasteiger partial charge in [-0.05, 0) is 200 Å². The first-order valence-corrected chi connectivity index (χ1v) is 27.0. The molecule has 0 bridgehead atoms. The Labute approximate surface area is 418 Å². The quantitative estimate of drug-likeness (QED) is 0.165. The molecule has 69 heavy (non-hydrogen) atoms. The van der Waals surface area contributed by atoms with E-state index >= 15 is 0 Å². The number of fused-ring (bicyclic) bond motifs is 8. The molecule has 0 fully saturated rings. The van der Waals surface area contributed by atoms with Crippen molar-refractivity contribution in [2.45, 2.75) is 216 Å². The maximum Gasteiger partial charge on any atom is 0.297 e. The standard InChI is InChI=1S/C65H85BN2O/c1-37(2)41-31-52-56-53(32-41)68(57-39(4)30-49(61(9,10)11)55(40(57)5)62(12,13)14)51-36-48-47(64(17,18)28-29-65(48,19)20)35-50(51)66(56)59-58(67(52)43-23-21-22-42(24-25-43)60(6,7)8)45-33-46-44(34-54(45)69-59)38(3)26-27-63(46,15)16/h23-25,30-38,42H,21-22,26-29H2,1-20H3. The maximum atomic E-state index is 7.72. The number of hydrogen-bond acceptors (Lipinski definition) is 3. The highest BCUT2D eigenvalue weighted by Crippen LogP contribution is 2.55. The summed E-state index contributed by atoms with van der Waals surface area (Å²) in [4.78, 5) is 5.45. The van der Waals surface area contributed by atoms with Crippen molar-refractivity contribution in [3.05, 3.63) is 116 Å². The fourth-order valence-electron chi connectivity index (χ4n) is 13.9. The fraction of sp³-hybridized carbons (Fsp3) is 0.538. The van der Waals surface area contributed by atoms with E-state index in [0.717, 1.165) is 24.1 Å². The summed E-state index contributed by atoms with van der Waals surface area (Å²) in [7, 11) is 0. The number of nitrogens with zero attached hydrogens (tertiary/aromatic N) is 2. The van der Waals surface area contributed by atoms with Crippen LogP contribution in [0.15, 0.2) is 70.8 Å². The topological polar surface area (TPSA) is 19.6 Å². The summed E-state index contributed by atoms with van der Waals surface area (Å²) in [6, 6.07) is 18.1. The predicted molar refractivity (Wildman–Crippen MR) is 300 cm³/mol. The van der Waals surface area contributed by atoms with Crippen molar-refractivity contribution >= 4 is 62.7 Å². The first-order valence-electron chi connectivity index (χ1n) is 27.0. The first-order chi connectivity index (χ1) is 31.9. The Morgan fingerprint density at radius 1 is 0.681 bits per heavy atom. The van der Waals surface area contributed by atoms with Gasteiger partial charge in [-0.15, -0.1) is 0 Å². The number of rotatable bonds is 3. The molecule has 3 nitrogen and oxygen atoms in total. The molecular formula is C65H85BN2O. The van der Waals surface area contributed by atoms with Gasteiger partial charge < -0.3 is 14.2 Å². The number of furan rings is 1. The Bertz CT molecular complexity index is 3010. The van der Waals surface area contributed by atoms with Crippen LogP contribution in [0.5, 0.6) is 0 Å². The summed E-state index contributed by atoms with van der Waals surface area (Å²) in [5.41, 5.74) is 25.8. The second kappa shape index (κ2) is 15.5. The third-order valence-corrected chi connectivity index (χ3v) is 18.2. The zero-order valence-corrected chi connectivity index (χ0v) is 46.6. The lowest BCUT2D eigenvalue weighted by Crippen LogP contribution is -2.61. The minimum atomic E-state index is -0.0936. The second-order valence-corrected chi connectivity index (χ2v) is 28.2. The largest absolute Gasteiger partial charge is 0.468 e. The Kier molecular flexibility index (Phi) is 10.9. The van der Waals surface area contributed by atoms with Crippen LogP contribution in [0, 0.1) is 25.2 Å². The molecule has 1 aromatic heterocycles. The molecule has 0 amide bonds. The van der Waals surface area contributed by atoms with Crippen molar-refractivity contribution in [1.29, 1.82) is 0 Å². The Hall–Kier alpha value is -4.44. The van der Waals surface area contributed by atoms with Gasteiger partial charge in [0.2, 0.25) is 0 Å². The molecule has 4 heteroatoms. The van der Waals surface area contributed by atoms with Gasteiger partial charge in [-0.2, -0.15) is 0 Å². The minimum absolute atomic E-state index is 0.0106. The molecule has 0 spiro atoms. The summed E-state index contributed by atoms with van der Waals surface area (Å²) in [5, 5.41) is 1.25. The van der Waals surface area contributed by atoms with Gasteiger partial charge in [0.05, 0.1) is 17.0 Å². The Morgan fingerprint density at radius 3 is 1.91 bits per heavy atom. The molecular weight excluding hydrogens is 836 g/mol. The highest BCUT2D eigenvalue weighted by Gasteiger charge is 2.50. The summed E-state index contributed by atoms with van der Waals surface area (Å²) < 4.78 is 7.72. The molecule has 4 aromatic carbocycles. The highest BCUT2D eigenvalue weighted by atomic mass is 16.3. The summed E-state index contributed by atoms with van der Waals surface area (Å²) in [5.74, 6) is 1.29. The van der Waals surface area contributed by atoms with E-state index in [4.69, 9.17) is 4.42 Å². The molecule has 364 valence electrons. The maximum absolute atomic E-state index is 7.72. The summed E-state index contributed by atoms with van der Waals surface area (Å²) in [6.07, 6.45) is 14.5. The average molecular weight is 921 g/mol. The normalized spacial score (nSPS) is 21.4. The van der Waals surface area contributed by atoms with E-state index in [1.54, 1.807) is 0 Å². The smallest absolute Gasteiger partial charge is 0.297 e. The van der Waals surface area contributed by atoms with Crippen molar-refractivity contribution in [2.24, 2.45) is 11.3 Å². The summed E-state index contributed by atoms with van der Waals surface area (Å²) >= 11 is 0. The number of aryl methyl sites for hydroxylation is 1. The van der Waals surface area contributed by atoms with Crippen molar-refractivity contribution in [3.8, 4) is 0 Å². The van der Waals surface area contributed by atoms with E-state index < -0.39 is 0 Å². The van der Waals surface area contributed by atoms with Gasteiger partial charge in [0, 0.05) is 28.1 Å². The second-order valence-electron chi connectivity index (χ2n) is 28.2. The van der Waals surface area contributed by atoms with Crippen LogP contribution in [-0.2, 0) is 27.1 Å². The molecule has 0 N–H and O–H groups in total. The van der Waals surface area contributed by atoms with Crippen molar-refractivity contribution < 1.29 is 4.42 Å². The fourth-order valence-corrected chi connectivity index (χ4v) is 13.9. The van der Waals surface area contributed by atoms with Crippen molar-refractivity contribution in [1.82, 2.24) is 0 Å². The molecule has 3 heterocycles. The Morgan fingerprint density at radius 2 is 1.30 bits per heavy atom. The van der Waals surface area contributed by atoms with Gasteiger partial charge >= 0.3 is 0 Å². The molecule has 5 aromatic rings. The zero-order chi connectivity index (χ0) is 50.0. The first kappa shape index (κ1) is 48.2. The van der Waals surface area contributed by atoms with E-state index in [1.165, 1.54) is 126 Å². The number of anilines is 5. The lowest BCUT2D eigenvalue weighted by molar-refractivity contribution is 0.280. The van der Waals surface area contributed by atoms with Crippen LogP contribution in [0.1, 0.15) is 225 Å². The Balaban J connectivity index is 1.39. The van der Waals surface area contributed by atoms with E-state index in [1.807, 2.05) is 0 Å². The number of hydrogen-bond donors (Lipinski definition) is 0. The van der Waals surface area contributed by atoms with E-state index in [2.05, 4.69) is 209 Å². The molecule has 0 saturated carbocycles. The van der Waals surface area contributed by atoms with Crippen LogP contribution in [0.4, 0.5) is 28.4 Å². The van der Waals surface area contributed by atoms with E-state index in [-0.39, 0.29) is 39.2 Å². The monoisotopic (exact) mass is 921 g/mol. The van der Waals surface area contributed by atoms with Crippen molar-refractivity contribution in [2.75, 3.05) is 9.80 Å². The third kappa shape index (κ3) is 7.47. The van der Waals surface area contributed by atoms with Crippen LogP contribution in [0.25, 0.3) is 11.0 Å².